The Labute approximate surface area is 121 Å². The van der Waals surface area contributed by atoms with E-state index in [1.54, 1.807) is 0 Å². The number of hydroxylamine groups is 1. The van der Waals surface area contributed by atoms with E-state index in [0.717, 1.165) is 39.3 Å². The van der Waals surface area contributed by atoms with E-state index in [2.05, 4.69) is 34.6 Å². The molecule has 4 heteroatoms. The summed E-state index contributed by atoms with van der Waals surface area (Å²) < 4.78 is 5.39. The van der Waals surface area contributed by atoms with Gasteiger partial charge in [0, 0.05) is 24.5 Å². The molecule has 1 atom stereocenters. The van der Waals surface area contributed by atoms with Crippen molar-refractivity contribution in [3.8, 4) is 0 Å². The van der Waals surface area contributed by atoms with Gasteiger partial charge in [-0.25, -0.2) is 0 Å². The molecule has 0 radical (unpaired) electrons. The lowest BCUT2D eigenvalue weighted by Crippen LogP contribution is -2.45. The average Bonchev–Trinajstić information content (AvgIpc) is 2.49. The van der Waals surface area contributed by atoms with Gasteiger partial charge in [0.2, 0.25) is 0 Å². The van der Waals surface area contributed by atoms with E-state index in [4.69, 9.17) is 4.74 Å². The smallest absolute Gasteiger partial charge is 0.0594 e. The number of benzene rings is 1. The Kier molecular flexibility index (Phi) is 5.54. The number of rotatable bonds is 6. The van der Waals surface area contributed by atoms with Gasteiger partial charge in [0.1, 0.15) is 0 Å². The first-order valence-corrected chi connectivity index (χ1v) is 7.40. The van der Waals surface area contributed by atoms with Crippen LogP contribution in [0.4, 0.5) is 0 Å². The van der Waals surface area contributed by atoms with E-state index >= 15 is 0 Å². The molecule has 0 bridgehead atoms. The van der Waals surface area contributed by atoms with Crippen molar-refractivity contribution in [2.24, 2.45) is 0 Å². The average molecular weight is 278 g/mol. The largest absolute Gasteiger partial charge is 0.379 e. The summed E-state index contributed by atoms with van der Waals surface area (Å²) >= 11 is 0. The summed E-state index contributed by atoms with van der Waals surface area (Å²) in [5.41, 5.74) is 3.42. The van der Waals surface area contributed by atoms with Crippen molar-refractivity contribution in [1.29, 1.82) is 0 Å². The molecule has 1 aromatic carbocycles. The Morgan fingerprint density at radius 1 is 1.25 bits per heavy atom. The first-order valence-electron chi connectivity index (χ1n) is 7.40. The van der Waals surface area contributed by atoms with Gasteiger partial charge >= 0.3 is 0 Å². The highest BCUT2D eigenvalue weighted by Crippen LogP contribution is 2.31. The van der Waals surface area contributed by atoms with Crippen LogP contribution in [-0.2, 0) is 4.74 Å². The van der Waals surface area contributed by atoms with Crippen molar-refractivity contribution in [3.05, 3.63) is 35.9 Å². The van der Waals surface area contributed by atoms with Crippen LogP contribution in [0.1, 0.15) is 31.7 Å². The Balaban J connectivity index is 2.03. The summed E-state index contributed by atoms with van der Waals surface area (Å²) in [5.74, 6) is 0.275. The van der Waals surface area contributed by atoms with Gasteiger partial charge in [0.25, 0.3) is 0 Å². The lowest BCUT2D eigenvalue weighted by Gasteiger charge is -2.36. The molecule has 20 heavy (non-hydrogen) atoms. The van der Waals surface area contributed by atoms with Crippen molar-refractivity contribution < 1.29 is 9.94 Å². The van der Waals surface area contributed by atoms with Gasteiger partial charge in [-0.15, -0.1) is 0 Å². The van der Waals surface area contributed by atoms with E-state index in [9.17, 15) is 5.21 Å². The fourth-order valence-electron chi connectivity index (χ4n) is 2.84. The summed E-state index contributed by atoms with van der Waals surface area (Å²) in [6, 6.07) is 10.4. The molecule has 4 nitrogen and oxygen atoms in total. The molecule has 1 unspecified atom stereocenters. The predicted octanol–water partition coefficient (Wildman–Crippen LogP) is 2.25. The first kappa shape index (κ1) is 15.4. The van der Waals surface area contributed by atoms with E-state index in [0.29, 0.717) is 0 Å². The van der Waals surface area contributed by atoms with Crippen molar-refractivity contribution in [2.45, 2.75) is 31.7 Å². The molecule has 1 aliphatic rings. The molecule has 1 aliphatic heterocycles. The summed E-state index contributed by atoms with van der Waals surface area (Å²) in [6.07, 6.45) is 1.02. The summed E-state index contributed by atoms with van der Waals surface area (Å²) in [7, 11) is 0. The van der Waals surface area contributed by atoms with Crippen LogP contribution in [0.2, 0.25) is 0 Å². The normalized spacial score (nSPS) is 18.9. The molecule has 0 saturated carbocycles. The van der Waals surface area contributed by atoms with Crippen LogP contribution in [0.15, 0.2) is 30.3 Å². The standard InChI is InChI=1S/C16H26N2O2/c1-16(2,17-19)15(14-6-4-3-5-7-14)8-9-18-10-12-20-13-11-18/h3-7,15,17,19H,8-13H2,1-2H3. The molecule has 1 aromatic rings. The number of morpholine rings is 1. The van der Waals surface area contributed by atoms with Crippen LogP contribution >= 0.6 is 0 Å². The second kappa shape index (κ2) is 7.18. The molecule has 0 spiro atoms. The van der Waals surface area contributed by atoms with E-state index < -0.39 is 0 Å². The second-order valence-electron chi connectivity index (χ2n) is 6.04. The third-order valence-electron chi connectivity index (χ3n) is 4.20. The van der Waals surface area contributed by atoms with Crippen LogP contribution in [0.5, 0.6) is 0 Å². The van der Waals surface area contributed by atoms with Crippen molar-refractivity contribution in [3.63, 3.8) is 0 Å². The highest BCUT2D eigenvalue weighted by molar-refractivity contribution is 5.23. The van der Waals surface area contributed by atoms with Crippen molar-refractivity contribution in [1.82, 2.24) is 10.4 Å². The maximum Gasteiger partial charge on any atom is 0.0594 e. The minimum Gasteiger partial charge on any atom is -0.379 e. The van der Waals surface area contributed by atoms with Gasteiger partial charge in [-0.05, 0) is 32.4 Å². The second-order valence-corrected chi connectivity index (χ2v) is 6.04. The molecule has 0 aromatic heterocycles. The zero-order valence-corrected chi connectivity index (χ0v) is 12.5. The van der Waals surface area contributed by atoms with Crippen molar-refractivity contribution in [2.75, 3.05) is 32.8 Å². The SMILES string of the molecule is CC(C)(NO)C(CCN1CCOCC1)c1ccccc1. The highest BCUT2D eigenvalue weighted by Gasteiger charge is 2.30. The molecular weight excluding hydrogens is 252 g/mol. The number of nitrogens with zero attached hydrogens (tertiary/aromatic N) is 1. The van der Waals surface area contributed by atoms with Gasteiger partial charge in [-0.3, -0.25) is 4.90 Å². The van der Waals surface area contributed by atoms with E-state index in [1.165, 1.54) is 5.56 Å². The molecule has 2 rings (SSSR count). The fourth-order valence-corrected chi connectivity index (χ4v) is 2.84. The van der Waals surface area contributed by atoms with E-state index in [-0.39, 0.29) is 11.5 Å². The number of hydrogen-bond donors (Lipinski definition) is 2. The van der Waals surface area contributed by atoms with Gasteiger partial charge < -0.3 is 9.94 Å². The Hall–Kier alpha value is -0.940. The third-order valence-corrected chi connectivity index (χ3v) is 4.20. The molecule has 1 fully saturated rings. The van der Waals surface area contributed by atoms with Crippen LogP contribution < -0.4 is 5.48 Å². The van der Waals surface area contributed by atoms with Gasteiger partial charge in [0.15, 0.2) is 0 Å². The molecule has 112 valence electrons. The zero-order chi connectivity index (χ0) is 14.4. The van der Waals surface area contributed by atoms with Gasteiger partial charge in [-0.1, -0.05) is 30.3 Å². The molecular formula is C16H26N2O2. The molecule has 0 aliphatic carbocycles. The third kappa shape index (κ3) is 4.03. The minimum absolute atomic E-state index is 0.275. The Morgan fingerprint density at radius 2 is 1.90 bits per heavy atom. The maximum atomic E-state index is 9.48. The van der Waals surface area contributed by atoms with Gasteiger partial charge in [0.05, 0.1) is 13.2 Å². The topological polar surface area (TPSA) is 44.7 Å². The van der Waals surface area contributed by atoms with Crippen LogP contribution in [0, 0.1) is 0 Å². The Morgan fingerprint density at radius 3 is 2.50 bits per heavy atom. The monoisotopic (exact) mass is 278 g/mol. The highest BCUT2D eigenvalue weighted by atomic mass is 16.5. The molecule has 1 heterocycles. The summed E-state index contributed by atoms with van der Waals surface area (Å²) in [5, 5.41) is 9.48. The lowest BCUT2D eigenvalue weighted by molar-refractivity contribution is 0.0291. The molecule has 0 amide bonds. The predicted molar refractivity (Wildman–Crippen MR) is 80.1 cm³/mol. The maximum absolute atomic E-state index is 9.48. The quantitative estimate of drug-likeness (QED) is 0.783. The number of ether oxygens (including phenoxy) is 1. The lowest BCUT2D eigenvalue weighted by atomic mass is 9.80. The fraction of sp³-hybridized carbons (Fsp3) is 0.625. The summed E-state index contributed by atoms with van der Waals surface area (Å²) in [6.45, 7) is 8.81. The van der Waals surface area contributed by atoms with Crippen molar-refractivity contribution >= 4 is 0 Å². The van der Waals surface area contributed by atoms with Crippen LogP contribution in [0.3, 0.4) is 0 Å². The molecule has 1 saturated heterocycles. The zero-order valence-electron chi connectivity index (χ0n) is 12.5. The number of nitrogens with one attached hydrogen (secondary N) is 1. The van der Waals surface area contributed by atoms with Crippen LogP contribution in [0.25, 0.3) is 0 Å². The Bertz CT molecular complexity index is 389. The van der Waals surface area contributed by atoms with E-state index in [1.807, 2.05) is 19.9 Å². The van der Waals surface area contributed by atoms with Crippen LogP contribution in [-0.4, -0.2) is 48.5 Å². The van der Waals surface area contributed by atoms with Gasteiger partial charge in [-0.2, -0.15) is 5.48 Å². The summed E-state index contributed by atoms with van der Waals surface area (Å²) in [4.78, 5) is 2.44. The first-order chi connectivity index (χ1) is 9.63. The minimum atomic E-state index is -0.340. The number of hydrogen-bond acceptors (Lipinski definition) is 4. The molecule has 2 N–H and O–H groups in total.